The second-order valence-electron chi connectivity index (χ2n) is 1.77. The Balaban J connectivity index is 2.29. The van der Waals surface area contributed by atoms with Gasteiger partial charge >= 0.3 is 6.09 Å². The van der Waals surface area contributed by atoms with Crippen molar-refractivity contribution in [1.82, 2.24) is 10.3 Å². The summed E-state index contributed by atoms with van der Waals surface area (Å²) in [5, 5.41) is 2.42. The van der Waals surface area contributed by atoms with Crippen molar-refractivity contribution in [2.45, 2.75) is 6.54 Å². The highest BCUT2D eigenvalue weighted by Gasteiger charge is 2.00. The van der Waals surface area contributed by atoms with Crippen LogP contribution in [0.1, 0.15) is 5.89 Å². The highest BCUT2D eigenvalue weighted by Crippen LogP contribution is 1.92. The molecule has 1 heterocycles. The molecule has 5 nitrogen and oxygen atoms in total. The first-order valence-electron chi connectivity index (χ1n) is 3.03. The first-order chi connectivity index (χ1) is 5.33. The number of amides is 1. The molecule has 0 bridgehead atoms. The summed E-state index contributed by atoms with van der Waals surface area (Å²) in [5.74, 6) is 0.454. The van der Waals surface area contributed by atoms with Gasteiger partial charge in [-0.1, -0.05) is 0 Å². The molecule has 0 saturated carbocycles. The Kier molecular flexibility index (Phi) is 2.48. The predicted molar refractivity (Wildman–Crippen MR) is 35.7 cm³/mol. The lowest BCUT2D eigenvalue weighted by Crippen LogP contribution is -2.22. The van der Waals surface area contributed by atoms with Crippen molar-refractivity contribution < 1.29 is 13.9 Å². The van der Waals surface area contributed by atoms with Gasteiger partial charge in [0, 0.05) is 0 Å². The van der Waals surface area contributed by atoms with E-state index in [1.807, 2.05) is 0 Å². The molecule has 0 radical (unpaired) electrons. The van der Waals surface area contributed by atoms with E-state index in [-0.39, 0.29) is 6.54 Å². The molecule has 0 atom stereocenters. The Morgan fingerprint density at radius 2 is 2.73 bits per heavy atom. The van der Waals surface area contributed by atoms with Crippen molar-refractivity contribution in [2.24, 2.45) is 0 Å². The lowest BCUT2D eigenvalue weighted by atomic mass is 10.6. The average Bonchev–Trinajstić information content (AvgIpc) is 2.52. The molecule has 0 aromatic carbocycles. The minimum absolute atomic E-state index is 0.250. The maximum absolute atomic E-state index is 10.5. The van der Waals surface area contributed by atoms with Crippen molar-refractivity contribution in [3.8, 4) is 0 Å². The second-order valence-corrected chi connectivity index (χ2v) is 1.77. The standard InChI is InChI=1S/C6H8N2O3/c1-10-6(9)8-4-5-7-2-3-11-5/h2-3H,4H2,1H3,(H,8,9). The SMILES string of the molecule is COC(=O)NCc1ncco1. The van der Waals surface area contributed by atoms with Gasteiger partial charge in [-0.2, -0.15) is 0 Å². The van der Waals surface area contributed by atoms with Crippen molar-refractivity contribution in [2.75, 3.05) is 7.11 Å². The molecule has 1 aromatic rings. The van der Waals surface area contributed by atoms with E-state index in [0.29, 0.717) is 5.89 Å². The highest BCUT2D eigenvalue weighted by molar-refractivity contribution is 5.66. The second kappa shape index (κ2) is 3.60. The molecule has 1 N–H and O–H groups in total. The minimum Gasteiger partial charge on any atom is -0.453 e. The molecular weight excluding hydrogens is 148 g/mol. The molecule has 0 spiro atoms. The molecule has 0 aliphatic rings. The third-order valence-corrected chi connectivity index (χ3v) is 1.05. The first kappa shape index (κ1) is 7.59. The topological polar surface area (TPSA) is 64.4 Å². The van der Waals surface area contributed by atoms with E-state index < -0.39 is 6.09 Å². The van der Waals surface area contributed by atoms with Crippen LogP contribution in [0.4, 0.5) is 4.79 Å². The summed E-state index contributed by atoms with van der Waals surface area (Å²) < 4.78 is 9.18. The molecule has 11 heavy (non-hydrogen) atoms. The van der Waals surface area contributed by atoms with Gasteiger partial charge in [0.05, 0.1) is 19.9 Å². The van der Waals surface area contributed by atoms with Crippen molar-refractivity contribution in [1.29, 1.82) is 0 Å². The van der Waals surface area contributed by atoms with Crippen LogP contribution in [-0.4, -0.2) is 18.2 Å². The molecule has 60 valence electrons. The third-order valence-electron chi connectivity index (χ3n) is 1.05. The number of nitrogens with zero attached hydrogens (tertiary/aromatic N) is 1. The number of alkyl carbamates (subject to hydrolysis) is 1. The molecule has 1 rings (SSSR count). The van der Waals surface area contributed by atoms with Gasteiger partial charge in [-0.05, 0) is 0 Å². The lowest BCUT2D eigenvalue weighted by Gasteiger charge is -1.98. The van der Waals surface area contributed by atoms with E-state index in [9.17, 15) is 4.79 Å². The fourth-order valence-electron chi connectivity index (χ4n) is 0.560. The van der Waals surface area contributed by atoms with Crippen LogP contribution in [0.25, 0.3) is 0 Å². The Hall–Kier alpha value is -1.52. The zero-order valence-corrected chi connectivity index (χ0v) is 6.03. The first-order valence-corrected chi connectivity index (χ1v) is 3.03. The number of carbonyl (C=O) groups excluding carboxylic acids is 1. The van der Waals surface area contributed by atoms with E-state index in [4.69, 9.17) is 4.42 Å². The molecule has 1 amide bonds. The zero-order valence-electron chi connectivity index (χ0n) is 6.03. The summed E-state index contributed by atoms with van der Waals surface area (Å²) in [4.78, 5) is 14.3. The van der Waals surface area contributed by atoms with Gasteiger partial charge in [0.25, 0.3) is 0 Å². The molecule has 0 saturated heterocycles. The third kappa shape index (κ3) is 2.29. The van der Waals surface area contributed by atoms with E-state index in [1.165, 1.54) is 19.6 Å². The molecule has 0 fully saturated rings. The molecule has 5 heteroatoms. The smallest absolute Gasteiger partial charge is 0.407 e. The van der Waals surface area contributed by atoms with Crippen LogP contribution in [0.5, 0.6) is 0 Å². The number of rotatable bonds is 2. The normalized spacial score (nSPS) is 9.18. The van der Waals surface area contributed by atoms with E-state index in [2.05, 4.69) is 15.0 Å². The Morgan fingerprint density at radius 3 is 3.27 bits per heavy atom. The van der Waals surface area contributed by atoms with Crippen LogP contribution in [-0.2, 0) is 11.3 Å². The van der Waals surface area contributed by atoms with E-state index in [0.717, 1.165) is 0 Å². The fourth-order valence-corrected chi connectivity index (χ4v) is 0.560. The Bertz CT molecular complexity index is 220. The van der Waals surface area contributed by atoms with Crippen molar-refractivity contribution in [3.63, 3.8) is 0 Å². The van der Waals surface area contributed by atoms with Gasteiger partial charge in [0.15, 0.2) is 0 Å². The summed E-state index contributed by atoms with van der Waals surface area (Å²) in [5.41, 5.74) is 0. The van der Waals surface area contributed by atoms with Crippen LogP contribution < -0.4 is 5.32 Å². The summed E-state index contributed by atoms with van der Waals surface area (Å²) in [6.07, 6.45) is 2.45. The number of ether oxygens (including phenoxy) is 1. The van der Waals surface area contributed by atoms with Crippen LogP contribution >= 0.6 is 0 Å². The quantitative estimate of drug-likeness (QED) is 0.678. The number of methoxy groups -OCH3 is 1. The maximum atomic E-state index is 10.5. The van der Waals surface area contributed by atoms with Gasteiger partial charge in [-0.25, -0.2) is 9.78 Å². The summed E-state index contributed by atoms with van der Waals surface area (Å²) in [7, 11) is 1.30. The van der Waals surface area contributed by atoms with Crippen LogP contribution in [0.3, 0.4) is 0 Å². The maximum Gasteiger partial charge on any atom is 0.407 e. The fraction of sp³-hybridized carbons (Fsp3) is 0.333. The van der Waals surface area contributed by atoms with Crippen LogP contribution in [0.2, 0.25) is 0 Å². The van der Waals surface area contributed by atoms with Gasteiger partial charge in [0.1, 0.15) is 6.26 Å². The van der Waals surface area contributed by atoms with Gasteiger partial charge in [-0.3, -0.25) is 0 Å². The van der Waals surface area contributed by atoms with Crippen molar-refractivity contribution >= 4 is 6.09 Å². The van der Waals surface area contributed by atoms with Gasteiger partial charge < -0.3 is 14.5 Å². The number of aromatic nitrogens is 1. The van der Waals surface area contributed by atoms with Crippen molar-refractivity contribution in [3.05, 3.63) is 18.4 Å². The molecular formula is C6H8N2O3. The Labute approximate surface area is 63.4 Å². The highest BCUT2D eigenvalue weighted by atomic mass is 16.5. The molecule has 1 aromatic heterocycles. The predicted octanol–water partition coefficient (Wildman–Crippen LogP) is 0.531. The number of carbonyl (C=O) groups is 1. The number of hydrogen-bond acceptors (Lipinski definition) is 4. The van der Waals surface area contributed by atoms with Gasteiger partial charge in [-0.15, -0.1) is 0 Å². The van der Waals surface area contributed by atoms with Crippen LogP contribution in [0, 0.1) is 0 Å². The zero-order chi connectivity index (χ0) is 8.10. The summed E-state index contributed by atoms with van der Waals surface area (Å²) in [6, 6.07) is 0. The van der Waals surface area contributed by atoms with Crippen LogP contribution in [0.15, 0.2) is 16.9 Å². The summed E-state index contributed by atoms with van der Waals surface area (Å²) >= 11 is 0. The Morgan fingerprint density at radius 1 is 1.91 bits per heavy atom. The van der Waals surface area contributed by atoms with E-state index >= 15 is 0 Å². The van der Waals surface area contributed by atoms with Gasteiger partial charge in [0.2, 0.25) is 5.89 Å². The minimum atomic E-state index is -0.497. The number of nitrogens with one attached hydrogen (secondary N) is 1. The number of oxazole rings is 1. The molecule has 0 aliphatic heterocycles. The van der Waals surface area contributed by atoms with E-state index in [1.54, 1.807) is 0 Å². The summed E-state index contributed by atoms with van der Waals surface area (Å²) in [6.45, 7) is 0.250. The number of hydrogen-bond donors (Lipinski definition) is 1. The monoisotopic (exact) mass is 156 g/mol. The molecule has 0 unspecified atom stereocenters. The average molecular weight is 156 g/mol. The molecule has 0 aliphatic carbocycles. The largest absolute Gasteiger partial charge is 0.453 e. The lowest BCUT2D eigenvalue weighted by molar-refractivity contribution is 0.169.